The van der Waals surface area contributed by atoms with E-state index in [4.69, 9.17) is 4.74 Å². The van der Waals surface area contributed by atoms with Gasteiger partial charge in [0.1, 0.15) is 17.6 Å². The van der Waals surface area contributed by atoms with E-state index in [9.17, 15) is 19.7 Å². The standard InChI is InChI=1S/C18H24N4O5/c1-17(2,3)27-16(24)20-8-6-18(7-9-20)10-15(23)21(12-18)14-5-4-13(11-19-14)22(25)26/h4-5,11H,6-10,12H2,1-3H3. The van der Waals surface area contributed by atoms with Crippen molar-refractivity contribution in [3.05, 3.63) is 28.4 Å². The van der Waals surface area contributed by atoms with Crippen LogP contribution in [-0.2, 0) is 9.53 Å². The molecule has 0 atom stereocenters. The third kappa shape index (κ3) is 4.17. The first-order valence-corrected chi connectivity index (χ1v) is 8.97. The normalized spacial score (nSPS) is 19.4. The number of nitrogens with zero attached hydrogens (tertiary/aromatic N) is 4. The molecule has 0 unspecified atom stereocenters. The first-order chi connectivity index (χ1) is 12.6. The molecule has 0 aromatic carbocycles. The molecule has 2 saturated heterocycles. The summed E-state index contributed by atoms with van der Waals surface area (Å²) in [6.07, 6.45) is 2.66. The van der Waals surface area contributed by atoms with Gasteiger partial charge in [-0.2, -0.15) is 0 Å². The zero-order valence-electron chi connectivity index (χ0n) is 15.8. The smallest absolute Gasteiger partial charge is 0.410 e. The predicted octanol–water partition coefficient (Wildman–Crippen LogP) is 2.74. The fourth-order valence-electron chi connectivity index (χ4n) is 3.58. The van der Waals surface area contributed by atoms with E-state index in [2.05, 4.69) is 4.98 Å². The maximum atomic E-state index is 12.5. The molecule has 2 amide bonds. The summed E-state index contributed by atoms with van der Waals surface area (Å²) in [5.74, 6) is 0.388. The van der Waals surface area contributed by atoms with Crippen molar-refractivity contribution in [3.63, 3.8) is 0 Å². The highest BCUT2D eigenvalue weighted by Gasteiger charge is 2.46. The van der Waals surface area contributed by atoms with Crippen LogP contribution in [0.15, 0.2) is 18.3 Å². The number of carbonyl (C=O) groups is 2. The Kier molecular flexibility index (Phi) is 4.79. The number of amides is 2. The average molecular weight is 376 g/mol. The Morgan fingerprint density at radius 3 is 2.48 bits per heavy atom. The SMILES string of the molecule is CC(C)(C)OC(=O)N1CCC2(CC1)CC(=O)N(c1ccc([N+](=O)[O-])cn1)C2. The van der Waals surface area contributed by atoms with E-state index in [1.165, 1.54) is 18.3 Å². The lowest BCUT2D eigenvalue weighted by Crippen LogP contribution is -2.46. The summed E-state index contributed by atoms with van der Waals surface area (Å²) >= 11 is 0. The van der Waals surface area contributed by atoms with Crippen molar-refractivity contribution in [2.75, 3.05) is 24.5 Å². The highest BCUT2D eigenvalue weighted by atomic mass is 16.6. The van der Waals surface area contributed by atoms with Crippen molar-refractivity contribution in [1.82, 2.24) is 9.88 Å². The molecule has 2 aliphatic heterocycles. The number of likely N-dealkylation sites (tertiary alicyclic amines) is 1. The Balaban J connectivity index is 1.64. The van der Waals surface area contributed by atoms with Crippen LogP contribution in [0, 0.1) is 15.5 Å². The molecule has 1 aromatic rings. The fourth-order valence-corrected chi connectivity index (χ4v) is 3.58. The van der Waals surface area contributed by atoms with E-state index in [1.54, 1.807) is 9.80 Å². The maximum absolute atomic E-state index is 12.5. The van der Waals surface area contributed by atoms with Crippen molar-refractivity contribution in [1.29, 1.82) is 0 Å². The van der Waals surface area contributed by atoms with Gasteiger partial charge in [-0.05, 0) is 39.7 Å². The van der Waals surface area contributed by atoms with Crippen molar-refractivity contribution in [2.45, 2.75) is 45.6 Å². The van der Waals surface area contributed by atoms with Crippen LogP contribution in [0.5, 0.6) is 0 Å². The topological polar surface area (TPSA) is 106 Å². The van der Waals surface area contributed by atoms with Gasteiger partial charge in [0.05, 0.1) is 4.92 Å². The molecule has 2 fully saturated rings. The number of anilines is 1. The summed E-state index contributed by atoms with van der Waals surface area (Å²) < 4.78 is 5.41. The summed E-state index contributed by atoms with van der Waals surface area (Å²) in [7, 11) is 0. The molecule has 9 nitrogen and oxygen atoms in total. The first-order valence-electron chi connectivity index (χ1n) is 8.97. The summed E-state index contributed by atoms with van der Waals surface area (Å²) in [5, 5.41) is 10.8. The third-order valence-electron chi connectivity index (χ3n) is 5.02. The quantitative estimate of drug-likeness (QED) is 0.580. The van der Waals surface area contributed by atoms with E-state index >= 15 is 0 Å². The molecule has 2 aliphatic rings. The number of ether oxygens (including phenoxy) is 1. The summed E-state index contributed by atoms with van der Waals surface area (Å²) in [6, 6.07) is 2.86. The van der Waals surface area contributed by atoms with E-state index in [0.717, 1.165) is 0 Å². The van der Waals surface area contributed by atoms with Gasteiger partial charge in [-0.25, -0.2) is 9.78 Å². The zero-order valence-corrected chi connectivity index (χ0v) is 15.8. The van der Waals surface area contributed by atoms with Crippen LogP contribution in [0.4, 0.5) is 16.3 Å². The predicted molar refractivity (Wildman–Crippen MR) is 97.3 cm³/mol. The molecule has 146 valence electrons. The minimum absolute atomic E-state index is 0.0397. The number of hydrogen-bond donors (Lipinski definition) is 0. The van der Waals surface area contributed by atoms with Crippen molar-refractivity contribution in [2.24, 2.45) is 5.41 Å². The number of rotatable bonds is 2. The van der Waals surface area contributed by atoms with Gasteiger partial charge in [0.25, 0.3) is 5.69 Å². The van der Waals surface area contributed by atoms with E-state index < -0.39 is 10.5 Å². The van der Waals surface area contributed by atoms with Gasteiger partial charge in [0, 0.05) is 37.5 Å². The third-order valence-corrected chi connectivity index (χ3v) is 5.02. The molecule has 3 rings (SSSR count). The molecule has 1 spiro atoms. The lowest BCUT2D eigenvalue weighted by atomic mass is 9.78. The number of nitro groups is 1. The number of carbonyl (C=O) groups excluding carboxylic acids is 2. The molecule has 3 heterocycles. The molecule has 0 aliphatic carbocycles. The zero-order chi connectivity index (χ0) is 19.8. The maximum Gasteiger partial charge on any atom is 0.410 e. The van der Waals surface area contributed by atoms with Gasteiger partial charge < -0.3 is 9.64 Å². The molecule has 0 radical (unpaired) electrons. The lowest BCUT2D eigenvalue weighted by molar-refractivity contribution is -0.385. The summed E-state index contributed by atoms with van der Waals surface area (Å²) in [4.78, 5) is 42.3. The van der Waals surface area contributed by atoms with Crippen LogP contribution in [0.3, 0.4) is 0 Å². The minimum atomic E-state index is -0.534. The molecule has 0 saturated carbocycles. The second-order valence-electron chi connectivity index (χ2n) is 8.26. The average Bonchev–Trinajstić information content (AvgIpc) is 2.90. The van der Waals surface area contributed by atoms with E-state index in [0.29, 0.717) is 44.7 Å². The Morgan fingerprint density at radius 1 is 1.30 bits per heavy atom. The Bertz CT molecular complexity index is 748. The fraction of sp³-hybridized carbons (Fsp3) is 0.611. The lowest BCUT2D eigenvalue weighted by Gasteiger charge is -2.39. The molecule has 1 aromatic heterocycles. The van der Waals surface area contributed by atoms with Crippen LogP contribution in [-0.4, -0.2) is 52.0 Å². The van der Waals surface area contributed by atoms with Gasteiger partial charge in [0.2, 0.25) is 5.91 Å². The number of hydrogen-bond acceptors (Lipinski definition) is 6. The number of aromatic nitrogens is 1. The van der Waals surface area contributed by atoms with Gasteiger partial charge >= 0.3 is 6.09 Å². The second kappa shape index (κ2) is 6.79. The Hall–Kier alpha value is -2.71. The second-order valence-corrected chi connectivity index (χ2v) is 8.26. The number of piperidine rings is 1. The van der Waals surface area contributed by atoms with Gasteiger partial charge in [-0.3, -0.25) is 19.8 Å². The summed E-state index contributed by atoms with van der Waals surface area (Å²) in [5.41, 5.74) is -0.835. The van der Waals surface area contributed by atoms with Gasteiger partial charge in [0.15, 0.2) is 0 Å². The molecule has 0 N–H and O–H groups in total. The van der Waals surface area contributed by atoms with Crippen molar-refractivity contribution in [3.8, 4) is 0 Å². The van der Waals surface area contributed by atoms with Gasteiger partial charge in [-0.15, -0.1) is 0 Å². The first kappa shape index (κ1) is 19.1. The van der Waals surface area contributed by atoms with Crippen LogP contribution < -0.4 is 4.90 Å². The minimum Gasteiger partial charge on any atom is -0.444 e. The Labute approximate surface area is 157 Å². The van der Waals surface area contributed by atoms with Crippen LogP contribution in [0.2, 0.25) is 0 Å². The van der Waals surface area contributed by atoms with Gasteiger partial charge in [-0.1, -0.05) is 0 Å². The summed E-state index contributed by atoms with van der Waals surface area (Å²) in [6.45, 7) is 7.11. The Morgan fingerprint density at radius 2 is 1.96 bits per heavy atom. The highest BCUT2D eigenvalue weighted by Crippen LogP contribution is 2.42. The highest BCUT2D eigenvalue weighted by molar-refractivity contribution is 5.95. The largest absolute Gasteiger partial charge is 0.444 e. The molecule has 9 heteroatoms. The van der Waals surface area contributed by atoms with Crippen LogP contribution in [0.25, 0.3) is 0 Å². The van der Waals surface area contributed by atoms with Crippen molar-refractivity contribution >= 4 is 23.5 Å². The number of pyridine rings is 1. The molecule has 27 heavy (non-hydrogen) atoms. The van der Waals surface area contributed by atoms with Crippen LogP contribution in [0.1, 0.15) is 40.0 Å². The van der Waals surface area contributed by atoms with E-state index in [1.807, 2.05) is 20.8 Å². The molecule has 0 bridgehead atoms. The monoisotopic (exact) mass is 376 g/mol. The van der Waals surface area contributed by atoms with Crippen molar-refractivity contribution < 1.29 is 19.2 Å². The van der Waals surface area contributed by atoms with Crippen LogP contribution >= 0.6 is 0 Å². The molecular weight excluding hydrogens is 352 g/mol. The van der Waals surface area contributed by atoms with E-state index in [-0.39, 0.29) is 23.1 Å². The molecular formula is C18H24N4O5.